The zero-order valence-corrected chi connectivity index (χ0v) is 10.4. The van der Waals surface area contributed by atoms with Gasteiger partial charge in [0.1, 0.15) is 5.69 Å². The molecule has 0 bridgehead atoms. The molecule has 0 aliphatic carbocycles. The lowest BCUT2D eigenvalue weighted by Gasteiger charge is -2.08. The number of aromatic nitrogens is 1. The number of nitrogens with zero attached hydrogens (tertiary/aromatic N) is 1. The minimum Gasteiger partial charge on any atom is -0.354 e. The smallest absolute Gasteiger partial charge is 0.270 e. The van der Waals surface area contributed by atoms with Crippen molar-refractivity contribution in [1.29, 1.82) is 0 Å². The highest BCUT2D eigenvalue weighted by atomic mass is 19.1. The highest BCUT2D eigenvalue weighted by molar-refractivity contribution is 5.92. The number of hydrogen-bond donors (Lipinski definition) is 2. The van der Waals surface area contributed by atoms with Crippen molar-refractivity contribution in [3.63, 3.8) is 0 Å². The summed E-state index contributed by atoms with van der Waals surface area (Å²) in [7, 11) is 0. The van der Waals surface area contributed by atoms with Gasteiger partial charge < -0.3 is 10.6 Å². The molecule has 5 nitrogen and oxygen atoms in total. The van der Waals surface area contributed by atoms with Crippen LogP contribution < -0.4 is 10.6 Å². The van der Waals surface area contributed by atoms with Gasteiger partial charge in [-0.15, -0.1) is 0 Å². The number of rotatable bonds is 5. The molecule has 0 atom stereocenters. The average Bonchev–Trinajstić information content (AvgIpc) is 2.33. The molecule has 6 heteroatoms. The van der Waals surface area contributed by atoms with Crippen LogP contribution in [0.2, 0.25) is 0 Å². The Bertz CT molecular complexity index is 435. The third-order valence-electron chi connectivity index (χ3n) is 2.18. The average molecular weight is 253 g/mol. The van der Waals surface area contributed by atoms with Crippen molar-refractivity contribution in [3.05, 3.63) is 29.8 Å². The quantitative estimate of drug-likeness (QED) is 0.600. The van der Waals surface area contributed by atoms with Gasteiger partial charge in [0, 0.05) is 19.0 Å². The van der Waals surface area contributed by atoms with Crippen molar-refractivity contribution in [2.75, 3.05) is 13.1 Å². The number of pyridine rings is 1. The first kappa shape index (κ1) is 14.1. The third-order valence-corrected chi connectivity index (χ3v) is 2.18. The molecule has 0 saturated carbocycles. The van der Waals surface area contributed by atoms with Crippen molar-refractivity contribution in [1.82, 2.24) is 15.6 Å². The lowest BCUT2D eigenvalue weighted by atomic mass is 10.2. The fourth-order valence-electron chi connectivity index (χ4n) is 1.19. The number of hydrogen-bond acceptors (Lipinski definition) is 3. The van der Waals surface area contributed by atoms with Crippen LogP contribution in [0.25, 0.3) is 0 Å². The minimum atomic E-state index is -0.698. The Morgan fingerprint density at radius 1 is 1.28 bits per heavy atom. The molecule has 0 aliphatic rings. The van der Waals surface area contributed by atoms with Crippen LogP contribution in [0, 0.1) is 11.9 Å². The molecular formula is C12H16FN3O2. The number of carbonyl (C=O) groups excluding carboxylic acids is 2. The van der Waals surface area contributed by atoms with E-state index in [0.29, 0.717) is 6.54 Å². The van der Waals surface area contributed by atoms with E-state index in [1.54, 1.807) is 13.8 Å². The van der Waals surface area contributed by atoms with Crippen LogP contribution in [0.15, 0.2) is 18.2 Å². The van der Waals surface area contributed by atoms with Crippen molar-refractivity contribution < 1.29 is 14.0 Å². The van der Waals surface area contributed by atoms with Crippen LogP contribution in [-0.2, 0) is 4.79 Å². The van der Waals surface area contributed by atoms with Gasteiger partial charge in [-0.05, 0) is 12.1 Å². The summed E-state index contributed by atoms with van der Waals surface area (Å²) in [6.07, 6.45) is 0. The molecule has 98 valence electrons. The van der Waals surface area contributed by atoms with E-state index in [-0.39, 0.29) is 24.1 Å². The fraction of sp³-hybridized carbons (Fsp3) is 0.417. The monoisotopic (exact) mass is 253 g/mol. The Kier molecular flexibility index (Phi) is 5.23. The maximum Gasteiger partial charge on any atom is 0.270 e. The second-order valence-electron chi connectivity index (χ2n) is 4.05. The molecule has 2 N–H and O–H groups in total. The summed E-state index contributed by atoms with van der Waals surface area (Å²) in [5.74, 6) is -1.33. The lowest BCUT2D eigenvalue weighted by Crippen LogP contribution is -2.36. The van der Waals surface area contributed by atoms with Gasteiger partial charge >= 0.3 is 0 Å². The topological polar surface area (TPSA) is 71.1 Å². The lowest BCUT2D eigenvalue weighted by molar-refractivity contribution is -0.123. The van der Waals surface area contributed by atoms with Crippen molar-refractivity contribution in [2.24, 2.45) is 5.92 Å². The molecule has 0 radical (unpaired) electrons. The van der Waals surface area contributed by atoms with E-state index < -0.39 is 11.9 Å². The molecule has 1 aromatic heterocycles. The molecule has 2 amide bonds. The van der Waals surface area contributed by atoms with Crippen LogP contribution in [-0.4, -0.2) is 29.9 Å². The molecule has 0 spiro atoms. The number of carbonyl (C=O) groups is 2. The summed E-state index contributed by atoms with van der Waals surface area (Å²) in [5, 5.41) is 5.19. The highest BCUT2D eigenvalue weighted by Gasteiger charge is 2.08. The first-order valence-corrected chi connectivity index (χ1v) is 5.69. The van der Waals surface area contributed by atoms with Gasteiger partial charge in [0.2, 0.25) is 11.9 Å². The number of halogens is 1. The molecule has 0 saturated heterocycles. The second-order valence-corrected chi connectivity index (χ2v) is 4.05. The van der Waals surface area contributed by atoms with E-state index in [9.17, 15) is 14.0 Å². The molecule has 1 heterocycles. The van der Waals surface area contributed by atoms with Gasteiger partial charge in [0.15, 0.2) is 0 Å². The Morgan fingerprint density at radius 2 is 1.94 bits per heavy atom. The van der Waals surface area contributed by atoms with Crippen LogP contribution in [0.4, 0.5) is 4.39 Å². The molecular weight excluding hydrogens is 237 g/mol. The summed E-state index contributed by atoms with van der Waals surface area (Å²) in [6, 6.07) is 4.00. The van der Waals surface area contributed by atoms with Gasteiger partial charge in [0.05, 0.1) is 0 Å². The number of amides is 2. The highest BCUT2D eigenvalue weighted by Crippen LogP contribution is 1.97. The summed E-state index contributed by atoms with van der Waals surface area (Å²) in [5.41, 5.74) is 0.0187. The van der Waals surface area contributed by atoms with Crippen LogP contribution in [0.5, 0.6) is 0 Å². The molecule has 0 aliphatic heterocycles. The predicted molar refractivity (Wildman–Crippen MR) is 64.4 cm³/mol. The van der Waals surface area contributed by atoms with Crippen LogP contribution >= 0.6 is 0 Å². The maximum absolute atomic E-state index is 12.8. The number of nitrogens with one attached hydrogen (secondary N) is 2. The largest absolute Gasteiger partial charge is 0.354 e. The van der Waals surface area contributed by atoms with Crippen molar-refractivity contribution >= 4 is 11.8 Å². The van der Waals surface area contributed by atoms with Crippen molar-refractivity contribution in [2.45, 2.75) is 13.8 Å². The van der Waals surface area contributed by atoms with Crippen LogP contribution in [0.3, 0.4) is 0 Å². The Labute approximate surface area is 105 Å². The van der Waals surface area contributed by atoms with Gasteiger partial charge in [-0.1, -0.05) is 19.9 Å². The van der Waals surface area contributed by atoms with E-state index in [0.717, 1.165) is 0 Å². The standard InChI is InChI=1S/C12H16FN3O2/c1-8(2)11(17)14-6-7-15-12(18)9-4-3-5-10(13)16-9/h3-5,8H,6-7H2,1-2H3,(H,14,17)(H,15,18). The van der Waals surface area contributed by atoms with E-state index >= 15 is 0 Å². The summed E-state index contributed by atoms with van der Waals surface area (Å²) < 4.78 is 12.8. The molecule has 1 rings (SSSR count). The minimum absolute atomic E-state index is 0.0187. The Balaban J connectivity index is 2.32. The Morgan fingerprint density at radius 3 is 2.56 bits per heavy atom. The van der Waals surface area contributed by atoms with E-state index in [4.69, 9.17) is 0 Å². The molecule has 0 unspecified atom stereocenters. The molecule has 1 aromatic rings. The van der Waals surface area contributed by atoms with Crippen molar-refractivity contribution in [3.8, 4) is 0 Å². The van der Waals surface area contributed by atoms with E-state index in [2.05, 4.69) is 15.6 Å². The van der Waals surface area contributed by atoms with Gasteiger partial charge in [-0.25, -0.2) is 4.98 Å². The fourth-order valence-corrected chi connectivity index (χ4v) is 1.19. The maximum atomic E-state index is 12.8. The second kappa shape index (κ2) is 6.68. The first-order valence-electron chi connectivity index (χ1n) is 5.69. The summed E-state index contributed by atoms with van der Waals surface area (Å²) in [4.78, 5) is 26.2. The molecule has 0 fully saturated rings. The zero-order valence-electron chi connectivity index (χ0n) is 10.4. The van der Waals surface area contributed by atoms with E-state index in [1.807, 2.05) is 0 Å². The first-order chi connectivity index (χ1) is 8.50. The summed E-state index contributed by atoms with van der Waals surface area (Å²) >= 11 is 0. The summed E-state index contributed by atoms with van der Waals surface area (Å²) in [6.45, 7) is 4.17. The van der Waals surface area contributed by atoms with Gasteiger partial charge in [-0.2, -0.15) is 4.39 Å². The zero-order chi connectivity index (χ0) is 13.5. The predicted octanol–water partition coefficient (Wildman–Crippen LogP) is 0.723. The normalized spacial score (nSPS) is 10.2. The Hall–Kier alpha value is -1.98. The SMILES string of the molecule is CC(C)C(=O)NCCNC(=O)c1cccc(F)n1. The third kappa shape index (κ3) is 4.48. The van der Waals surface area contributed by atoms with Gasteiger partial charge in [-0.3, -0.25) is 9.59 Å². The van der Waals surface area contributed by atoms with Gasteiger partial charge in [0.25, 0.3) is 5.91 Å². The van der Waals surface area contributed by atoms with E-state index in [1.165, 1.54) is 18.2 Å². The molecule has 18 heavy (non-hydrogen) atoms. The van der Waals surface area contributed by atoms with Crippen LogP contribution in [0.1, 0.15) is 24.3 Å². The molecule has 0 aromatic carbocycles.